The molecule has 254 valence electrons. The van der Waals surface area contributed by atoms with Crippen molar-refractivity contribution in [2.24, 2.45) is 0 Å². The van der Waals surface area contributed by atoms with Crippen molar-refractivity contribution in [3.63, 3.8) is 0 Å². The lowest BCUT2D eigenvalue weighted by atomic mass is 9.63. The molecule has 2 heterocycles. The smallest absolute Gasteiger partial charge is 0.160 e. The molecule has 1 aliphatic heterocycles. The topological polar surface area (TPSA) is 35.0 Å². The zero-order chi connectivity index (χ0) is 35.6. The molecule has 1 spiro atoms. The highest BCUT2D eigenvalue weighted by Gasteiger charge is 2.53. The van der Waals surface area contributed by atoms with Gasteiger partial charge in [0, 0.05) is 28.7 Å². The fourth-order valence-electron chi connectivity index (χ4n) is 9.09. The zero-order valence-corrected chi connectivity index (χ0v) is 29.5. The summed E-state index contributed by atoms with van der Waals surface area (Å²) >= 11 is 0. The molecular formula is C51H34N2O. The summed E-state index contributed by atoms with van der Waals surface area (Å²) in [5, 5.41) is 2.36. The van der Waals surface area contributed by atoms with Gasteiger partial charge in [0.15, 0.2) is 5.82 Å². The van der Waals surface area contributed by atoms with Crippen molar-refractivity contribution in [3.05, 3.63) is 210 Å². The number of aromatic nitrogens is 2. The molecule has 1 unspecified atom stereocenters. The van der Waals surface area contributed by atoms with Gasteiger partial charge in [-0.2, -0.15) is 0 Å². The van der Waals surface area contributed by atoms with Crippen LogP contribution in [0.3, 0.4) is 0 Å². The first-order valence-electron chi connectivity index (χ1n) is 18.7. The van der Waals surface area contributed by atoms with Crippen LogP contribution in [0, 0.1) is 0 Å². The Morgan fingerprint density at radius 3 is 2.00 bits per heavy atom. The van der Waals surface area contributed by atoms with Crippen molar-refractivity contribution in [2.75, 3.05) is 0 Å². The second kappa shape index (κ2) is 12.1. The zero-order valence-electron chi connectivity index (χ0n) is 29.5. The Balaban J connectivity index is 1.09. The van der Waals surface area contributed by atoms with E-state index in [4.69, 9.17) is 14.7 Å². The lowest BCUT2D eigenvalue weighted by Crippen LogP contribution is -2.42. The van der Waals surface area contributed by atoms with Crippen molar-refractivity contribution >= 4 is 10.8 Å². The molecule has 1 aromatic heterocycles. The van der Waals surface area contributed by atoms with Crippen LogP contribution in [-0.2, 0) is 5.41 Å². The molecule has 3 aliphatic rings. The summed E-state index contributed by atoms with van der Waals surface area (Å²) in [7, 11) is 0. The minimum atomic E-state index is -0.450. The lowest BCUT2D eigenvalue weighted by Gasteiger charge is -2.45. The van der Waals surface area contributed by atoms with Gasteiger partial charge in [-0.25, -0.2) is 9.97 Å². The van der Waals surface area contributed by atoms with Gasteiger partial charge in [0.25, 0.3) is 0 Å². The van der Waals surface area contributed by atoms with Gasteiger partial charge < -0.3 is 4.74 Å². The van der Waals surface area contributed by atoms with Gasteiger partial charge >= 0.3 is 0 Å². The van der Waals surface area contributed by atoms with Gasteiger partial charge in [-0.05, 0) is 74.0 Å². The molecule has 0 fully saturated rings. The maximum atomic E-state index is 6.84. The Hall–Kier alpha value is -6.84. The van der Waals surface area contributed by atoms with Gasteiger partial charge in [-0.15, -0.1) is 0 Å². The molecule has 0 amide bonds. The van der Waals surface area contributed by atoms with E-state index in [2.05, 4.69) is 170 Å². The molecule has 2 aliphatic carbocycles. The number of fused-ring (bicyclic) bond motifs is 10. The van der Waals surface area contributed by atoms with E-state index in [9.17, 15) is 0 Å². The number of allylic oxidation sites excluding steroid dienone is 2. The monoisotopic (exact) mass is 690 g/mol. The summed E-state index contributed by atoms with van der Waals surface area (Å²) in [4.78, 5) is 10.3. The minimum Gasteiger partial charge on any atom is -0.485 e. The fraction of sp³-hybridized carbons (Fsp3) is 0.0588. The molecule has 8 aromatic rings. The molecule has 1 atom stereocenters. The van der Waals surface area contributed by atoms with E-state index in [1.807, 2.05) is 18.2 Å². The summed E-state index contributed by atoms with van der Waals surface area (Å²) in [6.45, 7) is 0. The van der Waals surface area contributed by atoms with Crippen molar-refractivity contribution in [1.82, 2.24) is 9.97 Å². The largest absolute Gasteiger partial charge is 0.485 e. The second-order valence-corrected chi connectivity index (χ2v) is 14.4. The van der Waals surface area contributed by atoms with Gasteiger partial charge in [0.2, 0.25) is 0 Å². The SMILES string of the molecule is C1=CCC2Oc3ccc(-c4cccc(-c5cc(-c6cccc7ccccc67)nc(-c6ccccc6)n5)c4)cc3C3(C2=C1)c1ccccc1-c1ccccc13. The van der Waals surface area contributed by atoms with E-state index in [1.165, 1.54) is 44.2 Å². The van der Waals surface area contributed by atoms with E-state index in [-0.39, 0.29) is 6.10 Å². The average molecular weight is 691 g/mol. The van der Waals surface area contributed by atoms with Crippen LogP contribution in [0.1, 0.15) is 23.1 Å². The van der Waals surface area contributed by atoms with Crippen LogP contribution >= 0.6 is 0 Å². The highest BCUT2D eigenvalue weighted by Crippen LogP contribution is 2.61. The Kier molecular flexibility index (Phi) is 6.90. The predicted octanol–water partition coefficient (Wildman–Crippen LogP) is 12.3. The molecule has 0 N–H and O–H groups in total. The number of benzene rings is 7. The first kappa shape index (κ1) is 30.8. The van der Waals surface area contributed by atoms with E-state index in [1.54, 1.807) is 0 Å². The van der Waals surface area contributed by atoms with Crippen LogP contribution in [0.15, 0.2) is 194 Å². The highest BCUT2D eigenvalue weighted by atomic mass is 16.5. The molecule has 0 saturated carbocycles. The highest BCUT2D eigenvalue weighted by molar-refractivity contribution is 5.96. The maximum absolute atomic E-state index is 6.84. The van der Waals surface area contributed by atoms with Gasteiger partial charge in [-0.1, -0.05) is 164 Å². The third-order valence-corrected chi connectivity index (χ3v) is 11.5. The molecule has 11 rings (SSSR count). The number of hydrogen-bond donors (Lipinski definition) is 0. The van der Waals surface area contributed by atoms with E-state index >= 15 is 0 Å². The van der Waals surface area contributed by atoms with Crippen LogP contribution in [0.5, 0.6) is 5.75 Å². The summed E-state index contributed by atoms with van der Waals surface area (Å²) in [6, 6.07) is 60.7. The number of rotatable bonds is 4. The molecule has 0 saturated heterocycles. The third-order valence-electron chi connectivity index (χ3n) is 11.5. The number of hydrogen-bond acceptors (Lipinski definition) is 3. The van der Waals surface area contributed by atoms with Crippen LogP contribution in [0.25, 0.3) is 66.9 Å². The van der Waals surface area contributed by atoms with Crippen molar-refractivity contribution in [2.45, 2.75) is 17.9 Å². The Labute approximate surface area is 314 Å². The Morgan fingerprint density at radius 1 is 0.500 bits per heavy atom. The average Bonchev–Trinajstić information content (AvgIpc) is 3.54. The van der Waals surface area contributed by atoms with E-state index in [0.29, 0.717) is 5.82 Å². The summed E-state index contributed by atoms with van der Waals surface area (Å²) in [6.07, 6.45) is 7.56. The fourth-order valence-corrected chi connectivity index (χ4v) is 9.09. The Bertz CT molecular complexity index is 2800. The molecule has 3 nitrogen and oxygen atoms in total. The Morgan fingerprint density at radius 2 is 1.15 bits per heavy atom. The summed E-state index contributed by atoms with van der Waals surface area (Å²) < 4.78 is 6.84. The summed E-state index contributed by atoms with van der Waals surface area (Å²) in [5.74, 6) is 1.65. The first-order chi connectivity index (χ1) is 26.8. The number of ether oxygens (including phenoxy) is 1. The standard InChI is InChI=1S/C51H34N2O/c1-2-15-34(16-3-1)50-52-46(32-47(53-50)41-23-13-17-33-14-4-5-20-38(33)41)37-19-12-18-35(30-37)36-28-29-49-45(31-36)51(44-26-10-11-27-48(44)54-49)42-24-8-6-21-39(42)40-22-7-9-25-43(40)51/h1-26,28-32,48H,27H2. The lowest BCUT2D eigenvalue weighted by molar-refractivity contribution is 0.205. The van der Waals surface area contributed by atoms with Crippen LogP contribution < -0.4 is 4.74 Å². The van der Waals surface area contributed by atoms with Crippen molar-refractivity contribution < 1.29 is 4.74 Å². The van der Waals surface area contributed by atoms with Gasteiger partial charge in [-0.3, -0.25) is 0 Å². The molecule has 0 bridgehead atoms. The van der Waals surface area contributed by atoms with E-state index < -0.39 is 5.41 Å². The van der Waals surface area contributed by atoms with Crippen LogP contribution in [0.4, 0.5) is 0 Å². The van der Waals surface area contributed by atoms with E-state index in [0.717, 1.165) is 51.4 Å². The molecule has 54 heavy (non-hydrogen) atoms. The maximum Gasteiger partial charge on any atom is 0.160 e. The molecule has 3 heteroatoms. The minimum absolute atomic E-state index is 0.0246. The van der Waals surface area contributed by atoms with Gasteiger partial charge in [0.1, 0.15) is 11.9 Å². The first-order valence-corrected chi connectivity index (χ1v) is 18.7. The van der Waals surface area contributed by atoms with Crippen LogP contribution in [0.2, 0.25) is 0 Å². The predicted molar refractivity (Wildman–Crippen MR) is 219 cm³/mol. The normalized spacial score (nSPS) is 15.9. The third kappa shape index (κ3) is 4.61. The van der Waals surface area contributed by atoms with Crippen LogP contribution in [-0.4, -0.2) is 16.1 Å². The molecular weight excluding hydrogens is 657 g/mol. The quantitative estimate of drug-likeness (QED) is 0.184. The van der Waals surface area contributed by atoms with Crippen molar-refractivity contribution in [3.8, 4) is 61.9 Å². The molecule has 7 aromatic carbocycles. The number of nitrogens with zero attached hydrogens (tertiary/aromatic N) is 2. The second-order valence-electron chi connectivity index (χ2n) is 14.4. The molecule has 0 radical (unpaired) electrons. The summed E-state index contributed by atoms with van der Waals surface area (Å²) in [5.41, 5.74) is 14.4. The van der Waals surface area contributed by atoms with Gasteiger partial charge in [0.05, 0.1) is 16.8 Å². The van der Waals surface area contributed by atoms with Crippen molar-refractivity contribution in [1.29, 1.82) is 0 Å².